The summed E-state index contributed by atoms with van der Waals surface area (Å²) in [5.41, 5.74) is 2.34. The van der Waals surface area contributed by atoms with Gasteiger partial charge in [-0.05, 0) is 37.0 Å². The van der Waals surface area contributed by atoms with E-state index in [1.165, 1.54) is 50.9 Å². The second-order valence-electron chi connectivity index (χ2n) is 5.27. The molecule has 1 atom stereocenters. The van der Waals surface area contributed by atoms with Gasteiger partial charge in [0.2, 0.25) is 0 Å². The zero-order chi connectivity index (χ0) is 12.8. The van der Waals surface area contributed by atoms with Gasteiger partial charge in [0.05, 0.1) is 6.10 Å². The van der Waals surface area contributed by atoms with Crippen LogP contribution < -0.4 is 4.90 Å². The molecule has 0 bridgehead atoms. The molecule has 1 aromatic carbocycles. The van der Waals surface area contributed by atoms with Crippen molar-refractivity contribution in [1.29, 1.82) is 0 Å². The Morgan fingerprint density at radius 1 is 1.00 bits per heavy atom. The average Bonchev–Trinajstić information content (AvgIpc) is 2.38. The van der Waals surface area contributed by atoms with Crippen LogP contribution in [0.4, 0.5) is 5.69 Å². The number of rotatable bonds is 3. The lowest BCUT2D eigenvalue weighted by atomic mass is 10.1. The molecule has 1 heterocycles. The van der Waals surface area contributed by atoms with Gasteiger partial charge in [0.15, 0.2) is 0 Å². The number of anilines is 1. The van der Waals surface area contributed by atoms with Crippen LogP contribution in [0.3, 0.4) is 0 Å². The van der Waals surface area contributed by atoms with Crippen molar-refractivity contribution in [3.8, 4) is 0 Å². The largest absolute Gasteiger partial charge is 0.388 e. The van der Waals surface area contributed by atoms with Crippen molar-refractivity contribution in [2.45, 2.75) is 51.6 Å². The van der Waals surface area contributed by atoms with E-state index in [9.17, 15) is 5.11 Å². The van der Waals surface area contributed by atoms with Gasteiger partial charge in [-0.3, -0.25) is 0 Å². The Labute approximate surface area is 111 Å². The van der Waals surface area contributed by atoms with E-state index >= 15 is 0 Å². The van der Waals surface area contributed by atoms with E-state index in [0.717, 1.165) is 12.0 Å². The molecule has 1 aliphatic heterocycles. The van der Waals surface area contributed by atoms with E-state index in [1.54, 1.807) is 0 Å². The fraction of sp³-hybridized carbons (Fsp3) is 0.625. The van der Waals surface area contributed by atoms with E-state index in [-0.39, 0.29) is 6.10 Å². The standard InChI is InChI=1S/C16H25NO/c1-2-16(18)14-8-10-15(11-9-14)17-12-6-4-3-5-7-13-17/h8-11,16,18H,2-7,12-13H2,1H3/t16-/m1/s1. The van der Waals surface area contributed by atoms with Crippen molar-refractivity contribution in [2.24, 2.45) is 0 Å². The molecule has 0 aromatic heterocycles. The summed E-state index contributed by atoms with van der Waals surface area (Å²) in [6, 6.07) is 8.47. The van der Waals surface area contributed by atoms with E-state index in [2.05, 4.69) is 29.2 Å². The van der Waals surface area contributed by atoms with Gasteiger partial charge in [-0.25, -0.2) is 0 Å². The van der Waals surface area contributed by atoms with E-state index in [4.69, 9.17) is 0 Å². The van der Waals surface area contributed by atoms with Crippen molar-refractivity contribution in [3.63, 3.8) is 0 Å². The molecule has 1 aliphatic rings. The summed E-state index contributed by atoms with van der Waals surface area (Å²) in [4.78, 5) is 2.49. The van der Waals surface area contributed by atoms with Crippen LogP contribution in [0.15, 0.2) is 24.3 Å². The van der Waals surface area contributed by atoms with Crippen LogP contribution in [0.5, 0.6) is 0 Å². The minimum absolute atomic E-state index is 0.314. The Hall–Kier alpha value is -1.02. The first kappa shape index (κ1) is 13.4. The van der Waals surface area contributed by atoms with Gasteiger partial charge in [-0.15, -0.1) is 0 Å². The van der Waals surface area contributed by atoms with Gasteiger partial charge in [-0.2, -0.15) is 0 Å². The van der Waals surface area contributed by atoms with Crippen LogP contribution in [-0.2, 0) is 0 Å². The molecule has 1 N–H and O–H groups in total. The molecular formula is C16H25NO. The molecule has 100 valence electrons. The normalized spacial score (nSPS) is 19.1. The Morgan fingerprint density at radius 2 is 1.56 bits per heavy atom. The number of benzene rings is 1. The first-order chi connectivity index (χ1) is 8.81. The average molecular weight is 247 g/mol. The van der Waals surface area contributed by atoms with Gasteiger partial charge >= 0.3 is 0 Å². The molecule has 0 amide bonds. The minimum atomic E-state index is -0.314. The molecule has 1 fully saturated rings. The Morgan fingerprint density at radius 3 is 2.11 bits per heavy atom. The summed E-state index contributed by atoms with van der Waals surface area (Å²) >= 11 is 0. The van der Waals surface area contributed by atoms with Crippen molar-refractivity contribution in [3.05, 3.63) is 29.8 Å². The lowest BCUT2D eigenvalue weighted by Gasteiger charge is -2.27. The maximum atomic E-state index is 9.80. The molecule has 2 nitrogen and oxygen atoms in total. The third-order valence-corrected chi connectivity index (χ3v) is 3.89. The zero-order valence-corrected chi connectivity index (χ0v) is 11.4. The molecule has 0 saturated carbocycles. The van der Waals surface area contributed by atoms with Gasteiger partial charge in [0.25, 0.3) is 0 Å². The SMILES string of the molecule is CC[C@@H](O)c1ccc(N2CCCCCCC2)cc1. The third-order valence-electron chi connectivity index (χ3n) is 3.89. The Balaban J connectivity index is 2.02. The monoisotopic (exact) mass is 247 g/mol. The highest BCUT2D eigenvalue weighted by atomic mass is 16.3. The topological polar surface area (TPSA) is 23.5 Å². The van der Waals surface area contributed by atoms with Crippen molar-refractivity contribution in [2.75, 3.05) is 18.0 Å². The molecule has 2 rings (SSSR count). The predicted octanol–water partition coefficient (Wildman–Crippen LogP) is 3.90. The maximum absolute atomic E-state index is 9.80. The van der Waals surface area contributed by atoms with E-state index in [1.807, 2.05) is 6.92 Å². The summed E-state index contributed by atoms with van der Waals surface area (Å²) < 4.78 is 0. The molecular weight excluding hydrogens is 222 g/mol. The first-order valence-corrected chi connectivity index (χ1v) is 7.34. The minimum Gasteiger partial charge on any atom is -0.388 e. The third kappa shape index (κ3) is 3.49. The van der Waals surface area contributed by atoms with Crippen molar-refractivity contribution >= 4 is 5.69 Å². The number of aliphatic hydroxyl groups is 1. The Bertz CT molecular complexity index is 339. The lowest BCUT2D eigenvalue weighted by Crippen LogP contribution is -2.26. The molecule has 1 aromatic rings. The summed E-state index contributed by atoms with van der Waals surface area (Å²) in [5, 5.41) is 9.80. The highest BCUT2D eigenvalue weighted by Crippen LogP contribution is 2.23. The van der Waals surface area contributed by atoms with E-state index in [0.29, 0.717) is 0 Å². The summed E-state index contributed by atoms with van der Waals surface area (Å²) in [5.74, 6) is 0. The molecule has 0 aliphatic carbocycles. The highest BCUT2D eigenvalue weighted by Gasteiger charge is 2.10. The van der Waals surface area contributed by atoms with Gasteiger partial charge in [0, 0.05) is 18.8 Å². The summed E-state index contributed by atoms with van der Waals surface area (Å²) in [6.07, 6.45) is 7.20. The molecule has 0 unspecified atom stereocenters. The quantitative estimate of drug-likeness (QED) is 0.875. The number of aliphatic hydroxyl groups excluding tert-OH is 1. The highest BCUT2D eigenvalue weighted by molar-refractivity contribution is 5.47. The smallest absolute Gasteiger partial charge is 0.0787 e. The maximum Gasteiger partial charge on any atom is 0.0787 e. The lowest BCUT2D eigenvalue weighted by molar-refractivity contribution is 0.173. The fourth-order valence-electron chi connectivity index (χ4n) is 2.65. The van der Waals surface area contributed by atoms with Crippen LogP contribution in [0.1, 0.15) is 57.1 Å². The van der Waals surface area contributed by atoms with Crippen molar-refractivity contribution in [1.82, 2.24) is 0 Å². The number of hydrogen-bond donors (Lipinski definition) is 1. The van der Waals surface area contributed by atoms with Crippen LogP contribution in [0.25, 0.3) is 0 Å². The van der Waals surface area contributed by atoms with Crippen LogP contribution in [0, 0.1) is 0 Å². The summed E-state index contributed by atoms with van der Waals surface area (Å²) in [6.45, 7) is 4.36. The van der Waals surface area contributed by atoms with Crippen LogP contribution in [-0.4, -0.2) is 18.2 Å². The molecule has 0 radical (unpaired) electrons. The fourth-order valence-corrected chi connectivity index (χ4v) is 2.65. The predicted molar refractivity (Wildman–Crippen MR) is 77.0 cm³/mol. The molecule has 1 saturated heterocycles. The Kier molecular flexibility index (Phi) is 5.06. The zero-order valence-electron chi connectivity index (χ0n) is 11.4. The van der Waals surface area contributed by atoms with Crippen LogP contribution >= 0.6 is 0 Å². The van der Waals surface area contributed by atoms with Gasteiger partial charge in [-0.1, -0.05) is 38.3 Å². The molecule has 0 spiro atoms. The van der Waals surface area contributed by atoms with Gasteiger partial charge < -0.3 is 10.0 Å². The summed E-state index contributed by atoms with van der Waals surface area (Å²) in [7, 11) is 0. The second-order valence-corrected chi connectivity index (χ2v) is 5.27. The second kappa shape index (κ2) is 6.79. The van der Waals surface area contributed by atoms with Crippen molar-refractivity contribution < 1.29 is 5.11 Å². The molecule has 18 heavy (non-hydrogen) atoms. The number of hydrogen-bond acceptors (Lipinski definition) is 2. The van der Waals surface area contributed by atoms with Gasteiger partial charge in [0.1, 0.15) is 0 Å². The molecule has 2 heteroatoms. The van der Waals surface area contributed by atoms with E-state index < -0.39 is 0 Å². The first-order valence-electron chi connectivity index (χ1n) is 7.34. The number of nitrogens with zero attached hydrogens (tertiary/aromatic N) is 1. The van der Waals surface area contributed by atoms with Crippen LogP contribution in [0.2, 0.25) is 0 Å².